The van der Waals surface area contributed by atoms with E-state index in [-0.39, 0.29) is 4.90 Å². The van der Waals surface area contributed by atoms with Gasteiger partial charge in [-0.05, 0) is 30.4 Å². The molecule has 0 saturated carbocycles. The van der Waals surface area contributed by atoms with Crippen LogP contribution < -0.4 is 4.90 Å². The number of sulfonamides is 1. The summed E-state index contributed by atoms with van der Waals surface area (Å²) in [5.74, 6) is -0.505. The SMILES string of the molecule is COC(=O)C1CCCN1S(=O)(=O)c1cccc2cccc(N(C)C)c12. The molecule has 6 nitrogen and oxygen atoms in total. The standard InChI is InChI=1S/C18H22N2O4S/c1-19(2)14-9-4-7-13-8-5-11-16(17(13)14)25(22,23)20-12-6-10-15(20)18(21)24-3/h4-5,7-9,11,15H,6,10,12H2,1-3H3. The maximum absolute atomic E-state index is 13.4. The van der Waals surface area contributed by atoms with Gasteiger partial charge in [0.1, 0.15) is 6.04 Å². The van der Waals surface area contributed by atoms with Crippen molar-refractivity contribution in [3.8, 4) is 0 Å². The fourth-order valence-corrected chi connectivity index (χ4v) is 5.28. The summed E-state index contributed by atoms with van der Waals surface area (Å²) in [6.07, 6.45) is 1.13. The Kier molecular flexibility index (Phi) is 4.71. The second kappa shape index (κ2) is 6.65. The van der Waals surface area contributed by atoms with E-state index in [1.165, 1.54) is 11.4 Å². The molecule has 2 aromatic rings. The predicted octanol–water partition coefficient (Wildman–Crippen LogP) is 2.23. The zero-order valence-electron chi connectivity index (χ0n) is 14.6. The van der Waals surface area contributed by atoms with E-state index in [2.05, 4.69) is 0 Å². The first-order valence-electron chi connectivity index (χ1n) is 8.16. The zero-order chi connectivity index (χ0) is 18.2. The molecule has 0 amide bonds. The molecule has 3 rings (SSSR count). The third-order valence-corrected chi connectivity index (χ3v) is 6.54. The average Bonchev–Trinajstić information content (AvgIpc) is 3.10. The molecule has 1 aliphatic rings. The predicted molar refractivity (Wildman–Crippen MR) is 97.2 cm³/mol. The molecule has 0 bridgehead atoms. The summed E-state index contributed by atoms with van der Waals surface area (Å²) in [6.45, 7) is 0.322. The smallest absolute Gasteiger partial charge is 0.324 e. The van der Waals surface area contributed by atoms with Crippen LogP contribution in [0.2, 0.25) is 0 Å². The number of hydrogen-bond donors (Lipinski definition) is 0. The Labute approximate surface area is 148 Å². The minimum atomic E-state index is -3.82. The van der Waals surface area contributed by atoms with Gasteiger partial charge in [0.15, 0.2) is 0 Å². The van der Waals surface area contributed by atoms with E-state index >= 15 is 0 Å². The normalized spacial score (nSPS) is 18.4. The van der Waals surface area contributed by atoms with Crippen LogP contribution in [0.15, 0.2) is 41.3 Å². The molecule has 7 heteroatoms. The Morgan fingerprint density at radius 2 is 1.88 bits per heavy atom. The van der Waals surface area contributed by atoms with Gasteiger partial charge in [-0.15, -0.1) is 0 Å². The monoisotopic (exact) mass is 362 g/mol. The fourth-order valence-electron chi connectivity index (χ4n) is 3.40. The molecule has 1 unspecified atom stereocenters. The van der Waals surface area contributed by atoms with Gasteiger partial charge in [-0.3, -0.25) is 4.79 Å². The topological polar surface area (TPSA) is 66.9 Å². The Morgan fingerprint density at radius 3 is 2.52 bits per heavy atom. The van der Waals surface area contributed by atoms with Gasteiger partial charge in [-0.25, -0.2) is 8.42 Å². The highest BCUT2D eigenvalue weighted by Crippen LogP contribution is 2.35. The van der Waals surface area contributed by atoms with Crippen molar-refractivity contribution >= 4 is 32.5 Å². The summed E-state index contributed by atoms with van der Waals surface area (Å²) in [6, 6.07) is 10.2. The molecule has 0 aliphatic carbocycles. The van der Waals surface area contributed by atoms with Crippen molar-refractivity contribution in [1.82, 2.24) is 4.31 Å². The zero-order valence-corrected chi connectivity index (χ0v) is 15.4. The van der Waals surface area contributed by atoms with E-state index in [0.29, 0.717) is 24.8 Å². The van der Waals surface area contributed by atoms with Gasteiger partial charge in [-0.2, -0.15) is 4.31 Å². The number of carbonyl (C=O) groups is 1. The van der Waals surface area contributed by atoms with Crippen LogP contribution in [0, 0.1) is 0 Å². The summed E-state index contributed by atoms with van der Waals surface area (Å²) in [4.78, 5) is 14.1. The molecular weight excluding hydrogens is 340 g/mol. The lowest BCUT2D eigenvalue weighted by Crippen LogP contribution is -2.41. The maximum atomic E-state index is 13.4. The molecule has 0 N–H and O–H groups in total. The molecule has 2 aromatic carbocycles. The Balaban J connectivity index is 2.20. The van der Waals surface area contributed by atoms with Crippen LogP contribution in [0.25, 0.3) is 10.8 Å². The summed E-state index contributed by atoms with van der Waals surface area (Å²) in [5, 5.41) is 1.52. The molecule has 0 spiro atoms. The summed E-state index contributed by atoms with van der Waals surface area (Å²) >= 11 is 0. The summed E-state index contributed by atoms with van der Waals surface area (Å²) in [5.41, 5.74) is 0.825. The number of nitrogens with zero attached hydrogens (tertiary/aromatic N) is 2. The van der Waals surface area contributed by atoms with Crippen LogP contribution in [0.4, 0.5) is 5.69 Å². The number of fused-ring (bicyclic) bond motifs is 1. The van der Waals surface area contributed by atoms with Crippen molar-refractivity contribution < 1.29 is 17.9 Å². The van der Waals surface area contributed by atoms with E-state index in [4.69, 9.17) is 4.74 Å². The lowest BCUT2D eigenvalue weighted by molar-refractivity contribution is -0.144. The first kappa shape index (κ1) is 17.7. The van der Waals surface area contributed by atoms with Crippen LogP contribution in [-0.4, -0.2) is 52.5 Å². The van der Waals surface area contributed by atoms with E-state index in [0.717, 1.165) is 11.1 Å². The van der Waals surface area contributed by atoms with E-state index in [1.54, 1.807) is 12.1 Å². The molecule has 134 valence electrons. The number of carbonyl (C=O) groups excluding carboxylic acids is 1. The first-order chi connectivity index (χ1) is 11.9. The third kappa shape index (κ3) is 2.98. The van der Waals surface area contributed by atoms with Crippen LogP contribution in [0.5, 0.6) is 0 Å². The molecule has 1 aliphatic heterocycles. The summed E-state index contributed by atoms with van der Waals surface area (Å²) in [7, 11) is 1.23. The number of ether oxygens (including phenoxy) is 1. The number of anilines is 1. The Bertz CT molecular complexity index is 903. The van der Waals surface area contributed by atoms with Crippen molar-refractivity contribution in [2.75, 3.05) is 32.6 Å². The van der Waals surface area contributed by atoms with Crippen molar-refractivity contribution in [3.05, 3.63) is 36.4 Å². The highest BCUT2D eigenvalue weighted by atomic mass is 32.2. The molecule has 0 radical (unpaired) electrons. The molecule has 0 aromatic heterocycles. The minimum Gasteiger partial charge on any atom is -0.468 e. The second-order valence-corrected chi connectivity index (χ2v) is 8.18. The van der Waals surface area contributed by atoms with Gasteiger partial charge in [0.25, 0.3) is 0 Å². The van der Waals surface area contributed by atoms with Crippen LogP contribution in [0.1, 0.15) is 12.8 Å². The molecule has 25 heavy (non-hydrogen) atoms. The van der Waals surface area contributed by atoms with Gasteiger partial charge < -0.3 is 9.64 Å². The van der Waals surface area contributed by atoms with Crippen molar-refractivity contribution in [2.24, 2.45) is 0 Å². The Morgan fingerprint density at radius 1 is 1.20 bits per heavy atom. The largest absolute Gasteiger partial charge is 0.468 e. The van der Waals surface area contributed by atoms with E-state index in [1.807, 2.05) is 43.3 Å². The van der Waals surface area contributed by atoms with Gasteiger partial charge in [0.2, 0.25) is 10.0 Å². The van der Waals surface area contributed by atoms with Gasteiger partial charge in [-0.1, -0.05) is 24.3 Å². The van der Waals surface area contributed by atoms with E-state index in [9.17, 15) is 13.2 Å². The number of hydrogen-bond acceptors (Lipinski definition) is 5. The van der Waals surface area contributed by atoms with Crippen LogP contribution in [-0.2, 0) is 19.6 Å². The van der Waals surface area contributed by atoms with E-state index < -0.39 is 22.0 Å². The molecular formula is C18H22N2O4S. The van der Waals surface area contributed by atoms with Gasteiger partial charge >= 0.3 is 5.97 Å². The number of rotatable bonds is 4. The molecule has 1 atom stereocenters. The van der Waals surface area contributed by atoms with Crippen molar-refractivity contribution in [2.45, 2.75) is 23.8 Å². The highest BCUT2D eigenvalue weighted by molar-refractivity contribution is 7.89. The first-order valence-corrected chi connectivity index (χ1v) is 9.60. The Hall–Kier alpha value is -2.12. The number of benzene rings is 2. The lowest BCUT2D eigenvalue weighted by Gasteiger charge is -2.24. The molecule has 1 saturated heterocycles. The highest BCUT2D eigenvalue weighted by Gasteiger charge is 2.40. The molecule has 1 heterocycles. The number of methoxy groups -OCH3 is 1. The maximum Gasteiger partial charge on any atom is 0.324 e. The minimum absolute atomic E-state index is 0.227. The quantitative estimate of drug-likeness (QED) is 0.781. The van der Waals surface area contributed by atoms with Gasteiger partial charge in [0, 0.05) is 31.7 Å². The van der Waals surface area contributed by atoms with Crippen molar-refractivity contribution in [3.63, 3.8) is 0 Å². The van der Waals surface area contributed by atoms with Crippen molar-refractivity contribution in [1.29, 1.82) is 0 Å². The van der Waals surface area contributed by atoms with Crippen LogP contribution >= 0.6 is 0 Å². The average molecular weight is 362 g/mol. The lowest BCUT2D eigenvalue weighted by atomic mass is 10.1. The number of esters is 1. The van der Waals surface area contributed by atoms with Gasteiger partial charge in [0.05, 0.1) is 12.0 Å². The van der Waals surface area contributed by atoms with Crippen LogP contribution in [0.3, 0.4) is 0 Å². The molecule has 1 fully saturated rings. The second-order valence-electron chi connectivity index (χ2n) is 6.32. The third-order valence-electron chi connectivity index (χ3n) is 4.59. The summed E-state index contributed by atoms with van der Waals surface area (Å²) < 4.78 is 32.8. The fraction of sp³-hybridized carbons (Fsp3) is 0.389.